The number of rotatable bonds is 7. The zero-order valence-electron chi connectivity index (χ0n) is 12.5. The Balaban J connectivity index is 0.00000400. The number of carbonyl (C=O) groups excluding carboxylic acids is 2. The summed E-state index contributed by atoms with van der Waals surface area (Å²) in [5.74, 6) is -0.350. The van der Waals surface area contributed by atoms with Crippen LogP contribution in [0.2, 0.25) is 0 Å². The van der Waals surface area contributed by atoms with Gasteiger partial charge in [0.25, 0.3) is 0 Å². The second-order valence-corrected chi connectivity index (χ2v) is 4.60. The van der Waals surface area contributed by atoms with Crippen LogP contribution in [0.5, 0.6) is 0 Å². The van der Waals surface area contributed by atoms with E-state index in [1.54, 1.807) is 0 Å². The van der Waals surface area contributed by atoms with E-state index in [1.807, 2.05) is 44.2 Å². The molecule has 0 unspecified atom stereocenters. The van der Waals surface area contributed by atoms with E-state index < -0.39 is 6.04 Å². The van der Waals surface area contributed by atoms with E-state index in [2.05, 4.69) is 5.32 Å². The molecule has 1 aromatic carbocycles. The summed E-state index contributed by atoms with van der Waals surface area (Å²) in [5, 5.41) is 2.68. The van der Waals surface area contributed by atoms with Crippen LogP contribution >= 0.6 is 12.4 Å². The van der Waals surface area contributed by atoms with Crippen molar-refractivity contribution in [1.82, 2.24) is 10.2 Å². The van der Waals surface area contributed by atoms with Crippen molar-refractivity contribution in [2.24, 2.45) is 5.73 Å². The van der Waals surface area contributed by atoms with Gasteiger partial charge in [-0.2, -0.15) is 0 Å². The van der Waals surface area contributed by atoms with E-state index in [1.165, 1.54) is 4.90 Å². The molecule has 0 aromatic heterocycles. The van der Waals surface area contributed by atoms with E-state index in [0.29, 0.717) is 19.5 Å². The molecule has 0 aliphatic rings. The van der Waals surface area contributed by atoms with Crippen LogP contribution in [-0.4, -0.2) is 42.4 Å². The Labute approximate surface area is 132 Å². The minimum absolute atomic E-state index is 0. The summed E-state index contributed by atoms with van der Waals surface area (Å²) in [7, 11) is 0. The zero-order valence-corrected chi connectivity index (χ0v) is 13.4. The van der Waals surface area contributed by atoms with E-state index in [4.69, 9.17) is 5.73 Å². The molecule has 0 heterocycles. The fourth-order valence-electron chi connectivity index (χ4n) is 1.96. The third-order valence-electron chi connectivity index (χ3n) is 3.02. The molecule has 1 rings (SSSR count). The molecule has 5 nitrogen and oxygen atoms in total. The van der Waals surface area contributed by atoms with Gasteiger partial charge in [0, 0.05) is 13.1 Å². The molecule has 118 valence electrons. The molecule has 0 aliphatic carbocycles. The molecule has 0 fully saturated rings. The molecule has 21 heavy (non-hydrogen) atoms. The third kappa shape index (κ3) is 6.60. The lowest BCUT2D eigenvalue weighted by Crippen LogP contribution is -2.48. The number of amides is 2. The lowest BCUT2D eigenvalue weighted by atomic mass is 10.1. The quantitative estimate of drug-likeness (QED) is 0.787. The Morgan fingerprint density at radius 1 is 1.24 bits per heavy atom. The lowest BCUT2D eigenvalue weighted by Gasteiger charge is -2.23. The molecule has 0 saturated heterocycles. The topological polar surface area (TPSA) is 75.4 Å². The van der Waals surface area contributed by atoms with Gasteiger partial charge in [0.2, 0.25) is 11.8 Å². The van der Waals surface area contributed by atoms with Crippen LogP contribution in [0.15, 0.2) is 30.3 Å². The lowest BCUT2D eigenvalue weighted by molar-refractivity contribution is -0.136. The van der Waals surface area contributed by atoms with E-state index in [9.17, 15) is 9.59 Å². The van der Waals surface area contributed by atoms with Crippen LogP contribution in [0.4, 0.5) is 0 Å². The molecule has 1 atom stereocenters. The third-order valence-corrected chi connectivity index (χ3v) is 3.02. The van der Waals surface area contributed by atoms with Gasteiger partial charge in [-0.05, 0) is 25.8 Å². The number of nitrogens with zero attached hydrogens (tertiary/aromatic N) is 1. The van der Waals surface area contributed by atoms with Crippen LogP contribution < -0.4 is 11.1 Å². The van der Waals surface area contributed by atoms with Gasteiger partial charge in [-0.25, -0.2) is 0 Å². The molecule has 0 bridgehead atoms. The predicted octanol–water partition coefficient (Wildman–Crippen LogP) is 0.963. The number of hydrogen-bond donors (Lipinski definition) is 2. The highest BCUT2D eigenvalue weighted by atomic mass is 35.5. The standard InChI is InChI=1S/C15H23N3O2.ClH/c1-3-17-14(19)11-18(4-2)15(20)13(16)10-12-8-6-5-7-9-12;/h5-9,13H,3-4,10-11,16H2,1-2H3,(H,17,19);1H/t13-;/m0./s1. The van der Waals surface area contributed by atoms with Crippen LogP contribution in [0.1, 0.15) is 19.4 Å². The fraction of sp³-hybridized carbons (Fsp3) is 0.467. The molecule has 6 heteroatoms. The number of likely N-dealkylation sites (N-methyl/N-ethyl adjacent to an activating group) is 2. The minimum atomic E-state index is -0.619. The van der Waals surface area contributed by atoms with Gasteiger partial charge in [-0.15, -0.1) is 12.4 Å². The Bertz CT molecular complexity index is 440. The summed E-state index contributed by atoms with van der Waals surface area (Å²) in [6.07, 6.45) is 0.478. The van der Waals surface area contributed by atoms with Crippen LogP contribution in [0, 0.1) is 0 Å². The first-order chi connectivity index (χ1) is 9.58. The van der Waals surface area contributed by atoms with E-state index >= 15 is 0 Å². The van der Waals surface area contributed by atoms with Gasteiger partial charge in [-0.1, -0.05) is 30.3 Å². The van der Waals surface area contributed by atoms with Crippen LogP contribution in [0.3, 0.4) is 0 Å². The van der Waals surface area contributed by atoms with Crippen molar-refractivity contribution < 1.29 is 9.59 Å². The Kier molecular flexibility index (Phi) is 9.41. The molecule has 1 aromatic rings. The van der Waals surface area contributed by atoms with Crippen LogP contribution in [0.25, 0.3) is 0 Å². The Morgan fingerprint density at radius 2 is 1.86 bits per heavy atom. The second kappa shape index (κ2) is 10.2. The monoisotopic (exact) mass is 313 g/mol. The number of benzene rings is 1. The van der Waals surface area contributed by atoms with Gasteiger partial charge in [0.1, 0.15) is 0 Å². The van der Waals surface area contributed by atoms with Crippen molar-refractivity contribution >= 4 is 24.2 Å². The number of nitrogens with two attached hydrogens (primary N) is 1. The number of hydrogen-bond acceptors (Lipinski definition) is 3. The molecular formula is C15H24ClN3O2. The maximum absolute atomic E-state index is 12.2. The smallest absolute Gasteiger partial charge is 0.240 e. The second-order valence-electron chi connectivity index (χ2n) is 4.60. The van der Waals surface area contributed by atoms with Gasteiger partial charge in [-0.3, -0.25) is 9.59 Å². The zero-order chi connectivity index (χ0) is 15.0. The van der Waals surface area contributed by atoms with Crippen LogP contribution in [-0.2, 0) is 16.0 Å². The average Bonchev–Trinajstić information content (AvgIpc) is 2.45. The maximum Gasteiger partial charge on any atom is 0.240 e. The highest BCUT2D eigenvalue weighted by Gasteiger charge is 2.21. The van der Waals surface area contributed by atoms with Crippen molar-refractivity contribution in [3.63, 3.8) is 0 Å². The van der Waals surface area contributed by atoms with Crippen molar-refractivity contribution in [2.75, 3.05) is 19.6 Å². The molecule has 2 amide bonds. The van der Waals surface area contributed by atoms with Crippen molar-refractivity contribution in [3.05, 3.63) is 35.9 Å². The van der Waals surface area contributed by atoms with Gasteiger partial charge < -0.3 is 16.0 Å². The first-order valence-electron chi connectivity index (χ1n) is 6.93. The summed E-state index contributed by atoms with van der Waals surface area (Å²) in [6, 6.07) is 9.01. The molecule has 0 radical (unpaired) electrons. The number of halogens is 1. The summed E-state index contributed by atoms with van der Waals surface area (Å²) >= 11 is 0. The van der Waals surface area contributed by atoms with E-state index in [-0.39, 0.29) is 30.8 Å². The summed E-state index contributed by atoms with van der Waals surface area (Å²) in [5.41, 5.74) is 6.97. The van der Waals surface area contributed by atoms with Gasteiger partial charge in [0.15, 0.2) is 0 Å². The summed E-state index contributed by atoms with van der Waals surface area (Å²) in [6.45, 7) is 4.77. The number of nitrogens with one attached hydrogen (secondary N) is 1. The van der Waals surface area contributed by atoms with Crippen molar-refractivity contribution in [1.29, 1.82) is 0 Å². The Hall–Kier alpha value is -1.59. The summed E-state index contributed by atoms with van der Waals surface area (Å²) < 4.78 is 0. The molecule has 0 aliphatic heterocycles. The predicted molar refractivity (Wildman–Crippen MR) is 86.3 cm³/mol. The molecule has 0 spiro atoms. The number of carbonyl (C=O) groups is 2. The average molecular weight is 314 g/mol. The Morgan fingerprint density at radius 3 is 2.38 bits per heavy atom. The first kappa shape index (κ1) is 19.4. The molecule has 3 N–H and O–H groups in total. The minimum Gasteiger partial charge on any atom is -0.355 e. The molecule has 0 saturated carbocycles. The van der Waals surface area contributed by atoms with E-state index in [0.717, 1.165) is 5.56 Å². The highest BCUT2D eigenvalue weighted by molar-refractivity contribution is 5.87. The first-order valence-corrected chi connectivity index (χ1v) is 6.93. The fourth-order valence-corrected chi connectivity index (χ4v) is 1.96. The maximum atomic E-state index is 12.2. The normalized spacial score (nSPS) is 11.2. The SMILES string of the molecule is CCNC(=O)CN(CC)C(=O)[C@@H](N)Cc1ccccc1.Cl. The largest absolute Gasteiger partial charge is 0.355 e. The summed E-state index contributed by atoms with van der Waals surface area (Å²) in [4.78, 5) is 25.3. The van der Waals surface area contributed by atoms with Crippen molar-refractivity contribution in [3.8, 4) is 0 Å². The van der Waals surface area contributed by atoms with Crippen molar-refractivity contribution in [2.45, 2.75) is 26.3 Å². The molecular weight excluding hydrogens is 290 g/mol. The highest BCUT2D eigenvalue weighted by Crippen LogP contribution is 2.04. The van der Waals surface area contributed by atoms with Gasteiger partial charge >= 0.3 is 0 Å². The van der Waals surface area contributed by atoms with Gasteiger partial charge in [0.05, 0.1) is 12.6 Å².